The number of hydrogen-bond donors (Lipinski definition) is 0. The van der Waals surface area contributed by atoms with Crippen molar-refractivity contribution in [2.24, 2.45) is 0 Å². The predicted molar refractivity (Wildman–Crippen MR) is 78.2 cm³/mol. The van der Waals surface area contributed by atoms with Crippen LogP contribution in [0, 0.1) is 0 Å². The predicted octanol–water partition coefficient (Wildman–Crippen LogP) is 2.73. The third kappa shape index (κ3) is 3.73. The summed E-state index contributed by atoms with van der Waals surface area (Å²) in [5.41, 5.74) is 0.702. The molecule has 0 saturated carbocycles. The minimum absolute atomic E-state index is 0.0612. The molecular weight excluding hydrogens is 254 g/mol. The van der Waals surface area contributed by atoms with Crippen molar-refractivity contribution < 1.29 is 14.3 Å². The summed E-state index contributed by atoms with van der Waals surface area (Å²) in [5.74, 6) is 0.859. The zero-order chi connectivity index (χ0) is 14.4. The highest BCUT2D eigenvalue weighted by molar-refractivity contribution is 5.94. The Bertz CT molecular complexity index is 424. The lowest BCUT2D eigenvalue weighted by atomic mass is 10.1. The minimum Gasteiger partial charge on any atom is -0.494 e. The maximum absolute atomic E-state index is 12.5. The molecule has 1 saturated heterocycles. The van der Waals surface area contributed by atoms with Crippen LogP contribution in [0.15, 0.2) is 24.3 Å². The van der Waals surface area contributed by atoms with E-state index in [1.165, 1.54) is 0 Å². The van der Waals surface area contributed by atoms with Crippen LogP contribution in [0.2, 0.25) is 0 Å². The maximum atomic E-state index is 12.5. The molecule has 0 unspecified atom stereocenters. The van der Waals surface area contributed by atoms with Crippen molar-refractivity contribution in [2.45, 2.75) is 32.8 Å². The van der Waals surface area contributed by atoms with Gasteiger partial charge in [-0.3, -0.25) is 4.79 Å². The Balaban J connectivity index is 1.99. The Hall–Kier alpha value is -1.55. The Kier molecular flexibility index (Phi) is 5.41. The summed E-state index contributed by atoms with van der Waals surface area (Å²) >= 11 is 0. The minimum atomic E-state index is 0.0612. The van der Waals surface area contributed by atoms with Gasteiger partial charge in [0, 0.05) is 25.3 Å². The molecule has 1 aromatic carbocycles. The molecule has 1 atom stereocenters. The molecule has 0 N–H and O–H groups in total. The van der Waals surface area contributed by atoms with Crippen LogP contribution in [0.4, 0.5) is 0 Å². The van der Waals surface area contributed by atoms with E-state index in [0.717, 1.165) is 25.2 Å². The summed E-state index contributed by atoms with van der Waals surface area (Å²) in [6.07, 6.45) is 2.34. The van der Waals surface area contributed by atoms with Crippen LogP contribution in [0.25, 0.3) is 0 Å². The average molecular weight is 277 g/mol. The number of ether oxygens (including phenoxy) is 2. The van der Waals surface area contributed by atoms with E-state index in [1.807, 2.05) is 43.0 Å². The van der Waals surface area contributed by atoms with Crippen LogP contribution in [0.1, 0.15) is 37.0 Å². The summed E-state index contributed by atoms with van der Waals surface area (Å²) in [7, 11) is 0. The number of carbonyl (C=O) groups excluding carboxylic acids is 1. The van der Waals surface area contributed by atoms with Gasteiger partial charge in [0.15, 0.2) is 0 Å². The zero-order valence-corrected chi connectivity index (χ0v) is 12.3. The highest BCUT2D eigenvalue weighted by Gasteiger charge is 2.22. The second kappa shape index (κ2) is 7.29. The van der Waals surface area contributed by atoms with Crippen molar-refractivity contribution in [3.05, 3.63) is 29.8 Å². The third-order valence-electron chi connectivity index (χ3n) is 3.53. The molecule has 110 valence electrons. The summed E-state index contributed by atoms with van der Waals surface area (Å²) < 4.78 is 11.0. The SMILES string of the molecule is CCOc1ccc(C(=O)N(CC)C[C@@H]2CCCO2)cc1. The molecule has 4 heteroatoms. The van der Waals surface area contributed by atoms with Gasteiger partial charge >= 0.3 is 0 Å². The standard InChI is InChI=1S/C16H23NO3/c1-3-17(12-15-6-5-11-20-15)16(18)13-7-9-14(10-8-13)19-4-2/h7-10,15H,3-6,11-12H2,1-2H3/t15-/m0/s1. The molecule has 0 aliphatic carbocycles. The number of rotatable bonds is 6. The Morgan fingerprint density at radius 1 is 1.35 bits per heavy atom. The van der Waals surface area contributed by atoms with Gasteiger partial charge in [-0.15, -0.1) is 0 Å². The number of nitrogens with zero attached hydrogens (tertiary/aromatic N) is 1. The van der Waals surface area contributed by atoms with Crippen LogP contribution in [0.5, 0.6) is 5.75 Å². The van der Waals surface area contributed by atoms with Crippen LogP contribution < -0.4 is 4.74 Å². The lowest BCUT2D eigenvalue weighted by Gasteiger charge is -2.24. The fraction of sp³-hybridized carbons (Fsp3) is 0.562. The van der Waals surface area contributed by atoms with Crippen LogP contribution in [-0.2, 0) is 4.74 Å². The molecule has 4 nitrogen and oxygen atoms in total. The Morgan fingerprint density at radius 3 is 2.65 bits per heavy atom. The topological polar surface area (TPSA) is 38.8 Å². The first-order valence-electron chi connectivity index (χ1n) is 7.38. The molecule has 1 heterocycles. The lowest BCUT2D eigenvalue weighted by Crippen LogP contribution is -2.37. The van der Waals surface area contributed by atoms with Gasteiger partial charge in [-0.2, -0.15) is 0 Å². The van der Waals surface area contributed by atoms with E-state index in [4.69, 9.17) is 9.47 Å². The summed E-state index contributed by atoms with van der Waals surface area (Å²) in [4.78, 5) is 14.3. The van der Waals surface area contributed by atoms with Crippen molar-refractivity contribution in [3.8, 4) is 5.75 Å². The van der Waals surface area contributed by atoms with Crippen molar-refractivity contribution in [1.82, 2.24) is 4.90 Å². The van der Waals surface area contributed by atoms with E-state index < -0.39 is 0 Å². The van der Waals surface area contributed by atoms with Crippen LogP contribution in [-0.4, -0.2) is 43.2 Å². The molecule has 0 spiro atoms. The zero-order valence-electron chi connectivity index (χ0n) is 12.3. The van der Waals surface area contributed by atoms with E-state index in [2.05, 4.69) is 0 Å². The summed E-state index contributed by atoms with van der Waals surface area (Å²) in [6, 6.07) is 7.34. The fourth-order valence-corrected chi connectivity index (χ4v) is 2.43. The summed E-state index contributed by atoms with van der Waals surface area (Å²) in [5, 5.41) is 0. The highest BCUT2D eigenvalue weighted by Crippen LogP contribution is 2.17. The molecule has 0 bridgehead atoms. The fourth-order valence-electron chi connectivity index (χ4n) is 2.43. The van der Waals surface area contributed by atoms with Gasteiger partial charge in [-0.05, 0) is 51.0 Å². The van der Waals surface area contributed by atoms with E-state index in [1.54, 1.807) is 0 Å². The molecule has 1 aliphatic rings. The van der Waals surface area contributed by atoms with Crippen molar-refractivity contribution in [2.75, 3.05) is 26.3 Å². The number of carbonyl (C=O) groups is 1. The van der Waals surface area contributed by atoms with Gasteiger partial charge in [-0.1, -0.05) is 0 Å². The number of amides is 1. The number of benzene rings is 1. The normalized spacial score (nSPS) is 18.0. The van der Waals surface area contributed by atoms with E-state index >= 15 is 0 Å². The molecule has 1 aromatic rings. The van der Waals surface area contributed by atoms with Gasteiger partial charge in [0.2, 0.25) is 0 Å². The van der Waals surface area contributed by atoms with Gasteiger partial charge < -0.3 is 14.4 Å². The quantitative estimate of drug-likeness (QED) is 0.802. The van der Waals surface area contributed by atoms with Crippen molar-refractivity contribution >= 4 is 5.91 Å². The lowest BCUT2D eigenvalue weighted by molar-refractivity contribution is 0.0539. The van der Waals surface area contributed by atoms with Gasteiger partial charge in [0.05, 0.1) is 12.7 Å². The number of hydrogen-bond acceptors (Lipinski definition) is 3. The summed E-state index contributed by atoms with van der Waals surface area (Å²) in [6.45, 7) is 6.78. The Labute approximate surface area is 120 Å². The third-order valence-corrected chi connectivity index (χ3v) is 3.53. The maximum Gasteiger partial charge on any atom is 0.253 e. The van der Waals surface area contributed by atoms with E-state index in [0.29, 0.717) is 25.3 Å². The first kappa shape index (κ1) is 14.9. The van der Waals surface area contributed by atoms with Gasteiger partial charge in [0.25, 0.3) is 5.91 Å². The molecule has 0 radical (unpaired) electrons. The molecule has 20 heavy (non-hydrogen) atoms. The monoisotopic (exact) mass is 277 g/mol. The molecule has 1 fully saturated rings. The van der Waals surface area contributed by atoms with Crippen LogP contribution in [0.3, 0.4) is 0 Å². The second-order valence-corrected chi connectivity index (χ2v) is 4.94. The van der Waals surface area contributed by atoms with Crippen LogP contribution >= 0.6 is 0 Å². The smallest absolute Gasteiger partial charge is 0.253 e. The van der Waals surface area contributed by atoms with Gasteiger partial charge in [-0.25, -0.2) is 0 Å². The highest BCUT2D eigenvalue weighted by atomic mass is 16.5. The van der Waals surface area contributed by atoms with E-state index in [9.17, 15) is 4.79 Å². The molecule has 1 amide bonds. The second-order valence-electron chi connectivity index (χ2n) is 4.94. The molecule has 1 aliphatic heterocycles. The molecular formula is C16H23NO3. The Morgan fingerprint density at radius 2 is 2.10 bits per heavy atom. The van der Waals surface area contributed by atoms with Crippen molar-refractivity contribution in [1.29, 1.82) is 0 Å². The van der Waals surface area contributed by atoms with Crippen molar-refractivity contribution in [3.63, 3.8) is 0 Å². The average Bonchev–Trinajstić information content (AvgIpc) is 2.98. The number of likely N-dealkylation sites (N-methyl/N-ethyl adjacent to an activating group) is 1. The molecule has 2 rings (SSSR count). The van der Waals surface area contributed by atoms with Gasteiger partial charge in [0.1, 0.15) is 5.75 Å². The van der Waals surface area contributed by atoms with E-state index in [-0.39, 0.29) is 12.0 Å². The largest absolute Gasteiger partial charge is 0.494 e. The first-order chi connectivity index (χ1) is 9.74. The molecule has 0 aromatic heterocycles. The first-order valence-corrected chi connectivity index (χ1v) is 7.38.